The van der Waals surface area contributed by atoms with E-state index in [1.165, 1.54) is 12.8 Å². The molecule has 0 amide bonds. The van der Waals surface area contributed by atoms with Gasteiger partial charge in [0.25, 0.3) is 0 Å². The van der Waals surface area contributed by atoms with Crippen molar-refractivity contribution < 1.29 is 9.47 Å². The summed E-state index contributed by atoms with van der Waals surface area (Å²) in [5.74, 6) is 2.61. The zero-order valence-electron chi connectivity index (χ0n) is 12.8. The van der Waals surface area contributed by atoms with Crippen molar-refractivity contribution in [2.45, 2.75) is 38.5 Å². The van der Waals surface area contributed by atoms with Crippen LogP contribution < -0.4 is 14.4 Å². The number of rotatable bonds is 4. The van der Waals surface area contributed by atoms with Gasteiger partial charge in [-0.1, -0.05) is 0 Å². The monoisotopic (exact) mass is 301 g/mol. The number of hydrogen-bond acceptors (Lipinski definition) is 6. The van der Waals surface area contributed by atoms with Gasteiger partial charge in [-0.2, -0.15) is 0 Å². The van der Waals surface area contributed by atoms with Gasteiger partial charge < -0.3 is 14.4 Å². The van der Waals surface area contributed by atoms with Crippen LogP contribution in [-0.4, -0.2) is 40.0 Å². The van der Waals surface area contributed by atoms with Crippen molar-refractivity contribution in [1.29, 1.82) is 0 Å². The summed E-state index contributed by atoms with van der Waals surface area (Å²) >= 11 is 0. The van der Waals surface area contributed by atoms with E-state index in [4.69, 9.17) is 9.47 Å². The van der Waals surface area contributed by atoms with Gasteiger partial charge in [-0.15, -0.1) is 5.10 Å². The number of hydrogen-bond donors (Lipinski definition) is 0. The first-order chi connectivity index (χ1) is 10.7. The summed E-state index contributed by atoms with van der Waals surface area (Å²) in [6, 6.07) is 6.37. The number of tetrazole rings is 1. The Morgan fingerprint density at radius 1 is 1.36 bits per heavy atom. The number of anilines is 1. The Labute approximate surface area is 128 Å². The summed E-state index contributed by atoms with van der Waals surface area (Å²) in [5.41, 5.74) is 1.03. The molecule has 7 nitrogen and oxygen atoms in total. The second-order valence-corrected chi connectivity index (χ2v) is 5.91. The molecule has 2 aromatic rings. The van der Waals surface area contributed by atoms with Crippen LogP contribution in [0.4, 0.5) is 5.69 Å². The Balaban J connectivity index is 1.65. The van der Waals surface area contributed by atoms with Crippen LogP contribution in [0.15, 0.2) is 18.2 Å². The number of nitrogens with zero attached hydrogens (tertiary/aromatic N) is 5. The predicted octanol–water partition coefficient (Wildman–Crippen LogP) is 1.80. The Kier molecular flexibility index (Phi) is 3.13. The number of benzene rings is 1. The van der Waals surface area contributed by atoms with E-state index in [9.17, 15) is 0 Å². The molecule has 1 aliphatic carbocycles. The van der Waals surface area contributed by atoms with E-state index in [-0.39, 0.29) is 6.10 Å². The molecule has 1 aromatic carbocycles. The Hall–Kier alpha value is -2.31. The van der Waals surface area contributed by atoms with E-state index in [1.54, 1.807) is 7.11 Å². The standard InChI is InChI=1S/C15H19N5O2/c1-10-8-19(9-15-16-17-18-20(15)11-3-4-11)13-7-12(21-2)5-6-14(13)22-10/h5-7,10-11H,3-4,8-9H2,1-2H3/t10-/m1/s1. The molecule has 1 aromatic heterocycles. The Morgan fingerprint density at radius 2 is 2.23 bits per heavy atom. The molecule has 0 N–H and O–H groups in total. The Bertz CT molecular complexity index is 682. The van der Waals surface area contributed by atoms with Crippen molar-refractivity contribution in [3.8, 4) is 11.5 Å². The van der Waals surface area contributed by atoms with E-state index >= 15 is 0 Å². The molecule has 1 atom stereocenters. The number of ether oxygens (including phenoxy) is 2. The quantitative estimate of drug-likeness (QED) is 0.858. The topological polar surface area (TPSA) is 65.3 Å². The fourth-order valence-electron chi connectivity index (χ4n) is 2.87. The van der Waals surface area contributed by atoms with Gasteiger partial charge in [0.05, 0.1) is 31.9 Å². The number of methoxy groups -OCH3 is 1. The summed E-state index contributed by atoms with van der Waals surface area (Å²) in [4.78, 5) is 2.26. The fourth-order valence-corrected chi connectivity index (χ4v) is 2.87. The highest BCUT2D eigenvalue weighted by molar-refractivity contribution is 5.63. The second kappa shape index (κ2) is 5.15. The predicted molar refractivity (Wildman–Crippen MR) is 80.2 cm³/mol. The minimum absolute atomic E-state index is 0.131. The first-order valence-corrected chi connectivity index (χ1v) is 7.61. The Morgan fingerprint density at radius 3 is 3.00 bits per heavy atom. The lowest BCUT2D eigenvalue weighted by Crippen LogP contribution is -2.38. The summed E-state index contributed by atoms with van der Waals surface area (Å²) in [6.45, 7) is 3.55. The van der Waals surface area contributed by atoms with E-state index in [1.807, 2.05) is 22.9 Å². The first-order valence-electron chi connectivity index (χ1n) is 7.61. The molecule has 1 fully saturated rings. The molecule has 2 heterocycles. The molecule has 0 radical (unpaired) electrons. The lowest BCUT2D eigenvalue weighted by Gasteiger charge is -2.34. The van der Waals surface area contributed by atoms with Crippen LogP contribution in [0, 0.1) is 0 Å². The highest BCUT2D eigenvalue weighted by atomic mass is 16.5. The van der Waals surface area contributed by atoms with Gasteiger partial charge >= 0.3 is 0 Å². The molecule has 0 spiro atoms. The van der Waals surface area contributed by atoms with Gasteiger partial charge in [0.1, 0.15) is 17.6 Å². The first kappa shape index (κ1) is 13.4. The SMILES string of the molecule is COc1ccc2c(c1)N(Cc1nnnn1C1CC1)C[C@@H](C)O2. The molecule has 2 aliphatic rings. The van der Waals surface area contributed by atoms with Crippen LogP contribution >= 0.6 is 0 Å². The van der Waals surface area contributed by atoms with Crippen LogP contribution in [0.1, 0.15) is 31.6 Å². The van der Waals surface area contributed by atoms with Gasteiger partial charge in [-0.3, -0.25) is 0 Å². The van der Waals surface area contributed by atoms with E-state index in [2.05, 4.69) is 27.3 Å². The maximum absolute atomic E-state index is 5.92. The van der Waals surface area contributed by atoms with Crippen molar-refractivity contribution in [3.63, 3.8) is 0 Å². The highest BCUT2D eigenvalue weighted by Gasteiger charge is 2.30. The van der Waals surface area contributed by atoms with Crippen LogP contribution in [-0.2, 0) is 6.54 Å². The summed E-state index contributed by atoms with van der Waals surface area (Å²) < 4.78 is 13.2. The molecule has 116 valence electrons. The van der Waals surface area contributed by atoms with Crippen LogP contribution in [0.25, 0.3) is 0 Å². The third-order valence-corrected chi connectivity index (χ3v) is 4.10. The van der Waals surface area contributed by atoms with Gasteiger partial charge in [0.15, 0.2) is 5.82 Å². The molecule has 4 rings (SSSR count). The molecule has 0 unspecified atom stereocenters. The minimum Gasteiger partial charge on any atom is -0.497 e. The van der Waals surface area contributed by atoms with Crippen molar-refractivity contribution in [2.75, 3.05) is 18.6 Å². The molecule has 0 bridgehead atoms. The number of fused-ring (bicyclic) bond motifs is 1. The molecular formula is C15H19N5O2. The average Bonchev–Trinajstić information content (AvgIpc) is 3.27. The van der Waals surface area contributed by atoms with Gasteiger partial charge in [-0.05, 0) is 42.3 Å². The summed E-state index contributed by atoms with van der Waals surface area (Å²) in [5, 5.41) is 12.2. The van der Waals surface area contributed by atoms with Crippen molar-refractivity contribution in [1.82, 2.24) is 20.2 Å². The largest absolute Gasteiger partial charge is 0.497 e. The molecule has 22 heavy (non-hydrogen) atoms. The minimum atomic E-state index is 0.131. The summed E-state index contributed by atoms with van der Waals surface area (Å²) in [7, 11) is 1.67. The third kappa shape index (κ3) is 2.36. The van der Waals surface area contributed by atoms with Crippen LogP contribution in [0.2, 0.25) is 0 Å². The number of aromatic nitrogens is 4. The summed E-state index contributed by atoms with van der Waals surface area (Å²) in [6.07, 6.45) is 2.47. The average molecular weight is 301 g/mol. The molecule has 1 aliphatic heterocycles. The highest BCUT2D eigenvalue weighted by Crippen LogP contribution is 2.38. The molecule has 7 heteroatoms. The van der Waals surface area contributed by atoms with Gasteiger partial charge in [-0.25, -0.2) is 4.68 Å². The fraction of sp³-hybridized carbons (Fsp3) is 0.533. The zero-order chi connectivity index (χ0) is 15.1. The maximum Gasteiger partial charge on any atom is 0.170 e. The normalized spacial score (nSPS) is 20.5. The third-order valence-electron chi connectivity index (χ3n) is 4.10. The van der Waals surface area contributed by atoms with E-state index in [0.717, 1.165) is 29.6 Å². The second-order valence-electron chi connectivity index (χ2n) is 5.91. The van der Waals surface area contributed by atoms with E-state index < -0.39 is 0 Å². The lowest BCUT2D eigenvalue weighted by atomic mass is 10.2. The smallest absolute Gasteiger partial charge is 0.170 e. The molecular weight excluding hydrogens is 282 g/mol. The van der Waals surface area contributed by atoms with Crippen LogP contribution in [0.5, 0.6) is 11.5 Å². The van der Waals surface area contributed by atoms with Crippen LogP contribution in [0.3, 0.4) is 0 Å². The van der Waals surface area contributed by atoms with Gasteiger partial charge in [0.2, 0.25) is 0 Å². The maximum atomic E-state index is 5.92. The zero-order valence-corrected chi connectivity index (χ0v) is 12.8. The van der Waals surface area contributed by atoms with Gasteiger partial charge in [0, 0.05) is 6.07 Å². The van der Waals surface area contributed by atoms with Crippen molar-refractivity contribution in [2.24, 2.45) is 0 Å². The molecule has 1 saturated carbocycles. The van der Waals surface area contributed by atoms with E-state index in [0.29, 0.717) is 12.6 Å². The lowest BCUT2D eigenvalue weighted by molar-refractivity contribution is 0.211. The van der Waals surface area contributed by atoms with Crippen molar-refractivity contribution in [3.05, 3.63) is 24.0 Å². The molecule has 0 saturated heterocycles. The van der Waals surface area contributed by atoms with Crippen molar-refractivity contribution >= 4 is 5.69 Å².